The van der Waals surface area contributed by atoms with E-state index < -0.39 is 0 Å². The molecule has 0 spiro atoms. The molecule has 0 bridgehead atoms. The molecule has 1 rings (SSSR count). The topological polar surface area (TPSA) is 26.3 Å². The summed E-state index contributed by atoms with van der Waals surface area (Å²) in [5.41, 5.74) is 2.95. The van der Waals surface area contributed by atoms with Crippen molar-refractivity contribution in [2.45, 2.75) is 13.8 Å². The lowest BCUT2D eigenvalue weighted by atomic mass is 10.1. The van der Waals surface area contributed by atoms with Crippen molar-refractivity contribution < 1.29 is 9.53 Å². The SMILES string of the molecule is CSCCOC(=O)c1ccc(C)c(C)c1. The highest BCUT2D eigenvalue weighted by atomic mass is 32.2. The van der Waals surface area contributed by atoms with Crippen LogP contribution in [-0.4, -0.2) is 24.6 Å². The molecule has 0 N–H and O–H groups in total. The first-order valence-corrected chi connectivity index (χ1v) is 6.28. The number of esters is 1. The fraction of sp³-hybridized carbons (Fsp3) is 0.417. The fourth-order valence-corrected chi connectivity index (χ4v) is 1.42. The lowest BCUT2D eigenvalue weighted by Crippen LogP contribution is -2.08. The van der Waals surface area contributed by atoms with Gasteiger partial charge in [0.15, 0.2) is 0 Å². The smallest absolute Gasteiger partial charge is 0.338 e. The molecule has 1 aromatic carbocycles. The van der Waals surface area contributed by atoms with Gasteiger partial charge in [-0.1, -0.05) is 6.07 Å². The summed E-state index contributed by atoms with van der Waals surface area (Å²) >= 11 is 1.67. The van der Waals surface area contributed by atoms with Crippen LogP contribution >= 0.6 is 11.8 Å². The molecule has 0 atom stereocenters. The second-order valence-electron chi connectivity index (χ2n) is 3.43. The zero-order chi connectivity index (χ0) is 11.3. The molecule has 82 valence electrons. The van der Waals surface area contributed by atoms with E-state index in [1.54, 1.807) is 11.8 Å². The molecule has 0 aliphatic rings. The zero-order valence-corrected chi connectivity index (χ0v) is 10.2. The van der Waals surface area contributed by atoms with Crippen LogP contribution in [-0.2, 0) is 4.74 Å². The molecule has 0 aromatic heterocycles. The molecule has 0 heterocycles. The Labute approximate surface area is 95.0 Å². The summed E-state index contributed by atoms with van der Waals surface area (Å²) in [4.78, 5) is 11.6. The van der Waals surface area contributed by atoms with Crippen LogP contribution in [0.15, 0.2) is 18.2 Å². The molecule has 1 aromatic rings. The third-order valence-corrected chi connectivity index (χ3v) is 2.84. The Balaban J connectivity index is 2.62. The number of carbonyl (C=O) groups is 1. The van der Waals surface area contributed by atoms with Crippen LogP contribution < -0.4 is 0 Å². The van der Waals surface area contributed by atoms with Crippen molar-refractivity contribution in [3.05, 3.63) is 34.9 Å². The predicted octanol–water partition coefficient (Wildman–Crippen LogP) is 2.82. The molecule has 0 amide bonds. The van der Waals surface area contributed by atoms with Gasteiger partial charge in [0, 0.05) is 5.75 Å². The standard InChI is InChI=1S/C12H16O2S/c1-9-4-5-11(8-10(9)2)12(13)14-6-7-15-3/h4-5,8H,6-7H2,1-3H3. The molecule has 2 nitrogen and oxygen atoms in total. The van der Waals surface area contributed by atoms with Gasteiger partial charge in [-0.3, -0.25) is 0 Å². The lowest BCUT2D eigenvalue weighted by molar-refractivity contribution is 0.0530. The van der Waals surface area contributed by atoms with Gasteiger partial charge in [0.1, 0.15) is 6.61 Å². The first-order valence-electron chi connectivity index (χ1n) is 4.88. The second kappa shape index (κ2) is 5.81. The van der Waals surface area contributed by atoms with Crippen molar-refractivity contribution in [2.24, 2.45) is 0 Å². The molecular weight excluding hydrogens is 208 g/mol. The number of hydrogen-bond acceptors (Lipinski definition) is 3. The van der Waals surface area contributed by atoms with Crippen LogP contribution in [0.3, 0.4) is 0 Å². The largest absolute Gasteiger partial charge is 0.461 e. The number of carbonyl (C=O) groups excluding carboxylic acids is 1. The Morgan fingerprint density at radius 3 is 2.67 bits per heavy atom. The zero-order valence-electron chi connectivity index (χ0n) is 9.37. The summed E-state index contributed by atoms with van der Waals surface area (Å²) in [5.74, 6) is 0.614. The predicted molar refractivity (Wildman–Crippen MR) is 64.6 cm³/mol. The van der Waals surface area contributed by atoms with E-state index in [1.807, 2.05) is 38.3 Å². The maximum atomic E-state index is 11.6. The van der Waals surface area contributed by atoms with Crippen molar-refractivity contribution in [1.82, 2.24) is 0 Å². The fourth-order valence-electron chi connectivity index (χ4n) is 1.17. The van der Waals surface area contributed by atoms with E-state index in [4.69, 9.17) is 4.74 Å². The Kier molecular flexibility index (Phi) is 4.69. The number of benzene rings is 1. The first-order chi connectivity index (χ1) is 7.15. The molecule has 0 aliphatic carbocycles. The van der Waals surface area contributed by atoms with E-state index >= 15 is 0 Å². The third-order valence-electron chi connectivity index (χ3n) is 2.26. The molecule has 0 fully saturated rings. The van der Waals surface area contributed by atoms with Gasteiger partial charge in [0.25, 0.3) is 0 Å². The summed E-state index contributed by atoms with van der Waals surface area (Å²) in [6.07, 6.45) is 1.99. The summed E-state index contributed by atoms with van der Waals surface area (Å²) in [6, 6.07) is 5.63. The van der Waals surface area contributed by atoms with Gasteiger partial charge in [-0.25, -0.2) is 4.79 Å². The Morgan fingerprint density at radius 2 is 2.07 bits per heavy atom. The van der Waals surface area contributed by atoms with Crippen LogP contribution in [0, 0.1) is 13.8 Å². The average molecular weight is 224 g/mol. The van der Waals surface area contributed by atoms with Gasteiger partial charge in [0.05, 0.1) is 5.56 Å². The number of rotatable bonds is 4. The molecule has 0 aliphatic heterocycles. The Bertz CT molecular complexity index is 347. The summed E-state index contributed by atoms with van der Waals surface area (Å²) < 4.78 is 5.10. The third kappa shape index (κ3) is 3.59. The summed E-state index contributed by atoms with van der Waals surface area (Å²) in [7, 11) is 0. The van der Waals surface area contributed by atoms with E-state index in [-0.39, 0.29) is 5.97 Å². The van der Waals surface area contributed by atoms with Crippen molar-refractivity contribution in [3.63, 3.8) is 0 Å². The Morgan fingerprint density at radius 1 is 1.33 bits per heavy atom. The van der Waals surface area contributed by atoms with Crippen LogP contribution in [0.5, 0.6) is 0 Å². The molecule has 0 saturated carbocycles. The van der Waals surface area contributed by atoms with Crippen LogP contribution in [0.2, 0.25) is 0 Å². The van der Waals surface area contributed by atoms with E-state index in [1.165, 1.54) is 5.56 Å². The monoisotopic (exact) mass is 224 g/mol. The van der Waals surface area contributed by atoms with E-state index in [9.17, 15) is 4.79 Å². The molecule has 15 heavy (non-hydrogen) atoms. The number of thioether (sulfide) groups is 1. The van der Waals surface area contributed by atoms with Crippen LogP contribution in [0.4, 0.5) is 0 Å². The van der Waals surface area contributed by atoms with Gasteiger partial charge < -0.3 is 4.74 Å². The minimum absolute atomic E-state index is 0.229. The number of ether oxygens (including phenoxy) is 1. The van der Waals surface area contributed by atoms with Gasteiger partial charge in [-0.2, -0.15) is 11.8 Å². The molecule has 0 saturated heterocycles. The van der Waals surface area contributed by atoms with Crippen molar-refractivity contribution in [1.29, 1.82) is 0 Å². The van der Waals surface area contributed by atoms with Crippen molar-refractivity contribution in [2.75, 3.05) is 18.6 Å². The van der Waals surface area contributed by atoms with E-state index in [0.29, 0.717) is 12.2 Å². The van der Waals surface area contributed by atoms with Crippen LogP contribution in [0.25, 0.3) is 0 Å². The maximum Gasteiger partial charge on any atom is 0.338 e. The molecular formula is C12H16O2S. The summed E-state index contributed by atoms with van der Waals surface area (Å²) in [6.45, 7) is 4.50. The highest BCUT2D eigenvalue weighted by molar-refractivity contribution is 7.98. The maximum absolute atomic E-state index is 11.6. The molecule has 0 unspecified atom stereocenters. The van der Waals surface area contributed by atoms with E-state index in [2.05, 4.69) is 0 Å². The average Bonchev–Trinajstić information content (AvgIpc) is 2.22. The Hall–Kier alpha value is -0.960. The van der Waals surface area contributed by atoms with Crippen molar-refractivity contribution >= 4 is 17.7 Å². The van der Waals surface area contributed by atoms with Gasteiger partial charge in [0.2, 0.25) is 0 Å². The first kappa shape index (κ1) is 12.1. The molecule has 3 heteroatoms. The van der Waals surface area contributed by atoms with Crippen LogP contribution in [0.1, 0.15) is 21.5 Å². The van der Waals surface area contributed by atoms with E-state index in [0.717, 1.165) is 11.3 Å². The van der Waals surface area contributed by atoms with Gasteiger partial charge in [-0.15, -0.1) is 0 Å². The van der Waals surface area contributed by atoms with Gasteiger partial charge in [-0.05, 0) is 43.4 Å². The lowest BCUT2D eigenvalue weighted by Gasteiger charge is -2.05. The quantitative estimate of drug-likeness (QED) is 0.581. The number of hydrogen-bond donors (Lipinski definition) is 0. The summed E-state index contributed by atoms with van der Waals surface area (Å²) in [5, 5.41) is 0. The minimum Gasteiger partial charge on any atom is -0.461 e. The molecule has 0 radical (unpaired) electrons. The normalized spacial score (nSPS) is 10.1. The van der Waals surface area contributed by atoms with Crippen molar-refractivity contribution in [3.8, 4) is 0 Å². The highest BCUT2D eigenvalue weighted by Crippen LogP contribution is 2.10. The highest BCUT2D eigenvalue weighted by Gasteiger charge is 2.07. The second-order valence-corrected chi connectivity index (χ2v) is 4.41. The number of aryl methyl sites for hydroxylation is 2. The van der Waals surface area contributed by atoms with Gasteiger partial charge >= 0.3 is 5.97 Å². The minimum atomic E-state index is -0.229.